The first kappa shape index (κ1) is 14.1. The number of carbonyl (C=O) groups is 1. The van der Waals surface area contributed by atoms with Gasteiger partial charge in [-0.3, -0.25) is 4.79 Å². The van der Waals surface area contributed by atoms with Crippen LogP contribution in [0.3, 0.4) is 0 Å². The number of benzene rings is 2. The topological polar surface area (TPSA) is 41.6 Å². The van der Waals surface area contributed by atoms with Gasteiger partial charge in [-0.1, -0.05) is 30.3 Å². The standard InChI is InChI=1S/C16H18N2O2/c1-18(2)12-16(19)17-14-10-6-7-11-15(14)20-13-8-4-3-5-9-13/h3-11H,12H2,1-2H3,(H,17,19). The number of likely N-dealkylation sites (N-methyl/N-ethyl adjacent to an activating group) is 1. The molecule has 0 bridgehead atoms. The summed E-state index contributed by atoms with van der Waals surface area (Å²) in [5.41, 5.74) is 0.670. The lowest BCUT2D eigenvalue weighted by molar-refractivity contribution is -0.116. The zero-order chi connectivity index (χ0) is 14.4. The van der Waals surface area contributed by atoms with E-state index in [2.05, 4.69) is 5.32 Å². The highest BCUT2D eigenvalue weighted by Crippen LogP contribution is 2.28. The Hall–Kier alpha value is -2.33. The molecular formula is C16H18N2O2. The first-order valence-corrected chi connectivity index (χ1v) is 6.41. The minimum absolute atomic E-state index is 0.0703. The molecule has 20 heavy (non-hydrogen) atoms. The van der Waals surface area contributed by atoms with Crippen LogP contribution in [-0.4, -0.2) is 31.4 Å². The molecule has 0 aromatic heterocycles. The summed E-state index contributed by atoms with van der Waals surface area (Å²) in [6, 6.07) is 16.9. The van der Waals surface area contributed by atoms with Crippen LogP contribution in [0.25, 0.3) is 0 Å². The van der Waals surface area contributed by atoms with Crippen LogP contribution in [0.1, 0.15) is 0 Å². The van der Waals surface area contributed by atoms with Gasteiger partial charge in [0.15, 0.2) is 5.75 Å². The quantitative estimate of drug-likeness (QED) is 0.908. The van der Waals surface area contributed by atoms with Gasteiger partial charge in [0.2, 0.25) is 5.91 Å². The molecule has 0 radical (unpaired) electrons. The van der Waals surface area contributed by atoms with Gasteiger partial charge in [0.1, 0.15) is 5.75 Å². The van der Waals surface area contributed by atoms with Crippen molar-refractivity contribution in [3.05, 3.63) is 54.6 Å². The van der Waals surface area contributed by atoms with Crippen molar-refractivity contribution >= 4 is 11.6 Å². The fourth-order valence-corrected chi connectivity index (χ4v) is 1.75. The van der Waals surface area contributed by atoms with E-state index in [4.69, 9.17) is 4.74 Å². The fraction of sp³-hybridized carbons (Fsp3) is 0.188. The number of ether oxygens (including phenoxy) is 1. The molecule has 0 saturated heterocycles. The van der Waals surface area contributed by atoms with Gasteiger partial charge in [0, 0.05) is 0 Å². The molecule has 0 fully saturated rings. The van der Waals surface area contributed by atoms with Crippen LogP contribution >= 0.6 is 0 Å². The Kier molecular flexibility index (Phi) is 4.74. The van der Waals surface area contributed by atoms with Crippen molar-refractivity contribution in [2.75, 3.05) is 26.0 Å². The number of hydrogen-bond acceptors (Lipinski definition) is 3. The predicted octanol–water partition coefficient (Wildman–Crippen LogP) is 2.98. The van der Waals surface area contributed by atoms with E-state index in [1.54, 1.807) is 0 Å². The van der Waals surface area contributed by atoms with E-state index in [9.17, 15) is 4.79 Å². The van der Waals surface area contributed by atoms with E-state index in [1.807, 2.05) is 73.6 Å². The molecule has 2 aromatic carbocycles. The Morgan fingerprint density at radius 3 is 2.40 bits per heavy atom. The number of nitrogens with zero attached hydrogens (tertiary/aromatic N) is 1. The highest BCUT2D eigenvalue weighted by Gasteiger charge is 2.08. The highest BCUT2D eigenvalue weighted by atomic mass is 16.5. The van der Waals surface area contributed by atoms with Crippen LogP contribution in [0.2, 0.25) is 0 Å². The zero-order valence-corrected chi connectivity index (χ0v) is 11.7. The lowest BCUT2D eigenvalue weighted by atomic mass is 10.3. The fourth-order valence-electron chi connectivity index (χ4n) is 1.75. The molecule has 0 heterocycles. The third kappa shape index (κ3) is 4.10. The van der Waals surface area contributed by atoms with Gasteiger partial charge in [-0.15, -0.1) is 0 Å². The number of para-hydroxylation sites is 3. The van der Waals surface area contributed by atoms with Gasteiger partial charge >= 0.3 is 0 Å². The van der Waals surface area contributed by atoms with Gasteiger partial charge < -0.3 is 15.0 Å². The number of carbonyl (C=O) groups excluding carboxylic acids is 1. The Labute approximate surface area is 119 Å². The van der Waals surface area contributed by atoms with Gasteiger partial charge in [-0.05, 0) is 38.4 Å². The molecule has 0 aliphatic rings. The van der Waals surface area contributed by atoms with Crippen LogP contribution < -0.4 is 10.1 Å². The molecule has 0 saturated carbocycles. The highest BCUT2D eigenvalue weighted by molar-refractivity contribution is 5.93. The number of anilines is 1. The summed E-state index contributed by atoms with van der Waals surface area (Å²) in [5, 5.41) is 2.86. The first-order chi connectivity index (χ1) is 9.65. The second kappa shape index (κ2) is 6.73. The molecule has 4 heteroatoms. The summed E-state index contributed by atoms with van der Waals surface area (Å²) in [4.78, 5) is 13.6. The van der Waals surface area contributed by atoms with E-state index in [1.165, 1.54) is 0 Å². The molecule has 1 amide bonds. The second-order valence-electron chi connectivity index (χ2n) is 4.70. The third-order valence-electron chi connectivity index (χ3n) is 2.59. The van der Waals surface area contributed by atoms with E-state index < -0.39 is 0 Å². The minimum atomic E-state index is -0.0703. The van der Waals surface area contributed by atoms with E-state index in [0.29, 0.717) is 18.0 Å². The Balaban J connectivity index is 2.12. The van der Waals surface area contributed by atoms with Gasteiger partial charge in [-0.2, -0.15) is 0 Å². The molecule has 0 aliphatic heterocycles. The van der Waals surface area contributed by atoms with Crippen molar-refractivity contribution in [2.24, 2.45) is 0 Å². The van der Waals surface area contributed by atoms with Crippen molar-refractivity contribution in [3.63, 3.8) is 0 Å². The summed E-state index contributed by atoms with van der Waals surface area (Å²) in [7, 11) is 3.71. The molecule has 0 aliphatic carbocycles. The van der Waals surface area contributed by atoms with Gasteiger partial charge in [-0.25, -0.2) is 0 Å². The average molecular weight is 270 g/mol. The Bertz CT molecular complexity index is 568. The molecule has 2 rings (SSSR count). The van der Waals surface area contributed by atoms with Crippen molar-refractivity contribution in [3.8, 4) is 11.5 Å². The van der Waals surface area contributed by atoms with Gasteiger partial charge in [0.25, 0.3) is 0 Å². The molecule has 4 nitrogen and oxygen atoms in total. The monoisotopic (exact) mass is 270 g/mol. The second-order valence-corrected chi connectivity index (χ2v) is 4.70. The maximum Gasteiger partial charge on any atom is 0.238 e. The summed E-state index contributed by atoms with van der Waals surface area (Å²) in [6.45, 7) is 0.333. The smallest absolute Gasteiger partial charge is 0.238 e. The molecule has 1 N–H and O–H groups in total. The molecule has 104 valence electrons. The largest absolute Gasteiger partial charge is 0.455 e. The number of amides is 1. The Morgan fingerprint density at radius 1 is 1.05 bits per heavy atom. The van der Waals surface area contributed by atoms with Crippen LogP contribution in [0.15, 0.2) is 54.6 Å². The SMILES string of the molecule is CN(C)CC(=O)Nc1ccccc1Oc1ccccc1. The number of nitrogens with one attached hydrogen (secondary N) is 1. The third-order valence-corrected chi connectivity index (χ3v) is 2.59. The molecule has 0 unspecified atom stereocenters. The lowest BCUT2D eigenvalue weighted by Gasteiger charge is -2.14. The molecule has 0 atom stereocenters. The molecular weight excluding hydrogens is 252 g/mol. The van der Waals surface area contributed by atoms with Crippen molar-refractivity contribution in [2.45, 2.75) is 0 Å². The van der Waals surface area contributed by atoms with Crippen molar-refractivity contribution < 1.29 is 9.53 Å². The van der Waals surface area contributed by atoms with E-state index in [0.717, 1.165) is 5.75 Å². The van der Waals surface area contributed by atoms with Crippen molar-refractivity contribution in [1.29, 1.82) is 0 Å². The normalized spacial score (nSPS) is 10.3. The maximum atomic E-state index is 11.8. The lowest BCUT2D eigenvalue weighted by Crippen LogP contribution is -2.27. The number of rotatable bonds is 5. The number of hydrogen-bond donors (Lipinski definition) is 1. The first-order valence-electron chi connectivity index (χ1n) is 6.41. The minimum Gasteiger partial charge on any atom is -0.455 e. The molecule has 0 spiro atoms. The molecule has 2 aromatic rings. The van der Waals surface area contributed by atoms with Crippen molar-refractivity contribution in [1.82, 2.24) is 4.90 Å². The van der Waals surface area contributed by atoms with Gasteiger partial charge in [0.05, 0.1) is 12.2 Å². The Morgan fingerprint density at radius 2 is 1.70 bits per heavy atom. The average Bonchev–Trinajstić information content (AvgIpc) is 2.41. The summed E-state index contributed by atoms with van der Waals surface area (Å²) < 4.78 is 5.79. The van der Waals surface area contributed by atoms with Crippen LogP contribution in [0.5, 0.6) is 11.5 Å². The summed E-state index contributed by atoms with van der Waals surface area (Å²) >= 11 is 0. The van der Waals surface area contributed by atoms with E-state index in [-0.39, 0.29) is 5.91 Å². The van der Waals surface area contributed by atoms with Crippen LogP contribution in [-0.2, 0) is 4.79 Å². The summed E-state index contributed by atoms with van der Waals surface area (Å²) in [6.07, 6.45) is 0. The maximum absolute atomic E-state index is 11.8. The zero-order valence-electron chi connectivity index (χ0n) is 11.7. The van der Waals surface area contributed by atoms with Crippen LogP contribution in [0, 0.1) is 0 Å². The predicted molar refractivity (Wildman–Crippen MR) is 80.1 cm³/mol. The summed E-state index contributed by atoms with van der Waals surface area (Å²) in [5.74, 6) is 1.30. The van der Waals surface area contributed by atoms with Crippen LogP contribution in [0.4, 0.5) is 5.69 Å². The van der Waals surface area contributed by atoms with E-state index >= 15 is 0 Å².